The number of thiophene rings is 1. The van der Waals surface area contributed by atoms with Gasteiger partial charge in [-0.15, -0.1) is 11.3 Å². The molecule has 0 unspecified atom stereocenters. The molecule has 2 heterocycles. The standard InChI is InChI=1S/C22H16N2O4S/c1-14-5-2-7-16(11-14)24-21(26)18(20(25)23-24)13-15-6-3-8-17(12-15)28-22(27)19-9-4-10-29-19/h2-13H,1H3,(H,23,25)/b18-13-. The number of rotatable bonds is 4. The van der Waals surface area contributed by atoms with Crippen molar-refractivity contribution in [3.63, 3.8) is 0 Å². The van der Waals surface area contributed by atoms with Gasteiger partial charge in [0.25, 0.3) is 11.8 Å². The zero-order chi connectivity index (χ0) is 20.4. The summed E-state index contributed by atoms with van der Waals surface area (Å²) in [5, 5.41) is 3.02. The third-order valence-electron chi connectivity index (χ3n) is 4.25. The number of carbonyl (C=O) groups excluding carboxylic acids is 3. The summed E-state index contributed by atoms with van der Waals surface area (Å²) in [5.41, 5.74) is 4.72. The number of hydrazine groups is 1. The van der Waals surface area contributed by atoms with Crippen molar-refractivity contribution in [1.82, 2.24) is 5.43 Å². The van der Waals surface area contributed by atoms with Gasteiger partial charge in [-0.3, -0.25) is 15.0 Å². The Morgan fingerprint density at radius 2 is 1.90 bits per heavy atom. The lowest BCUT2D eigenvalue weighted by Crippen LogP contribution is -2.35. The van der Waals surface area contributed by atoms with Gasteiger partial charge in [0.05, 0.1) is 5.69 Å². The highest BCUT2D eigenvalue weighted by molar-refractivity contribution is 7.12. The maximum Gasteiger partial charge on any atom is 0.353 e. The van der Waals surface area contributed by atoms with E-state index in [2.05, 4.69) is 5.43 Å². The van der Waals surface area contributed by atoms with Crippen LogP contribution in [0.4, 0.5) is 5.69 Å². The second-order valence-corrected chi connectivity index (χ2v) is 7.37. The Balaban J connectivity index is 1.57. The molecule has 4 rings (SSSR count). The fourth-order valence-electron chi connectivity index (χ4n) is 2.89. The van der Waals surface area contributed by atoms with Crippen molar-refractivity contribution in [2.75, 3.05) is 5.01 Å². The molecule has 1 fully saturated rings. The summed E-state index contributed by atoms with van der Waals surface area (Å²) >= 11 is 1.29. The Labute approximate surface area is 171 Å². The molecule has 3 aromatic rings. The maximum absolute atomic E-state index is 12.7. The van der Waals surface area contributed by atoms with E-state index in [4.69, 9.17) is 4.74 Å². The van der Waals surface area contributed by atoms with Crippen LogP contribution in [0, 0.1) is 6.92 Å². The van der Waals surface area contributed by atoms with Gasteiger partial charge in [0, 0.05) is 0 Å². The molecule has 6 nitrogen and oxygen atoms in total. The van der Waals surface area contributed by atoms with Gasteiger partial charge in [0.15, 0.2) is 0 Å². The first-order chi connectivity index (χ1) is 14.0. The van der Waals surface area contributed by atoms with Crippen LogP contribution >= 0.6 is 11.3 Å². The molecule has 1 aromatic heterocycles. The molecule has 1 N–H and O–H groups in total. The Morgan fingerprint density at radius 1 is 1.07 bits per heavy atom. The van der Waals surface area contributed by atoms with Crippen LogP contribution in [-0.4, -0.2) is 17.8 Å². The zero-order valence-corrected chi connectivity index (χ0v) is 16.2. The monoisotopic (exact) mass is 404 g/mol. The number of anilines is 1. The topological polar surface area (TPSA) is 75.7 Å². The van der Waals surface area contributed by atoms with Gasteiger partial charge in [-0.2, -0.15) is 0 Å². The van der Waals surface area contributed by atoms with Crippen molar-refractivity contribution in [1.29, 1.82) is 0 Å². The fourth-order valence-corrected chi connectivity index (χ4v) is 3.49. The average molecular weight is 404 g/mol. The lowest BCUT2D eigenvalue weighted by Gasteiger charge is -2.14. The molecule has 0 radical (unpaired) electrons. The molecule has 0 bridgehead atoms. The summed E-state index contributed by atoms with van der Waals surface area (Å²) in [6, 6.07) is 17.4. The number of esters is 1. The predicted molar refractivity (Wildman–Crippen MR) is 111 cm³/mol. The summed E-state index contributed by atoms with van der Waals surface area (Å²) in [6.07, 6.45) is 1.48. The lowest BCUT2D eigenvalue weighted by molar-refractivity contribution is -0.117. The van der Waals surface area contributed by atoms with Gasteiger partial charge in [0.2, 0.25) is 0 Å². The molecule has 1 aliphatic heterocycles. The number of carbonyl (C=O) groups is 3. The van der Waals surface area contributed by atoms with Crippen LogP contribution in [0.2, 0.25) is 0 Å². The molecule has 0 saturated carbocycles. The van der Waals surface area contributed by atoms with Crippen LogP contribution in [0.15, 0.2) is 71.6 Å². The largest absolute Gasteiger partial charge is 0.422 e. The van der Waals surface area contributed by atoms with Crippen molar-refractivity contribution in [3.8, 4) is 5.75 Å². The van der Waals surface area contributed by atoms with Gasteiger partial charge < -0.3 is 4.74 Å². The number of aryl methyl sites for hydroxylation is 1. The maximum atomic E-state index is 12.7. The van der Waals surface area contributed by atoms with Gasteiger partial charge in [-0.25, -0.2) is 9.80 Å². The van der Waals surface area contributed by atoms with Crippen LogP contribution < -0.4 is 15.2 Å². The first-order valence-electron chi connectivity index (χ1n) is 8.81. The smallest absolute Gasteiger partial charge is 0.353 e. The van der Waals surface area contributed by atoms with Crippen LogP contribution in [0.3, 0.4) is 0 Å². The molecule has 0 spiro atoms. The average Bonchev–Trinajstić information content (AvgIpc) is 3.33. The number of ether oxygens (including phenoxy) is 1. The van der Waals surface area contributed by atoms with E-state index in [1.54, 1.807) is 47.8 Å². The molecule has 144 valence electrons. The molecule has 29 heavy (non-hydrogen) atoms. The Hall–Kier alpha value is -3.71. The number of hydrogen-bond acceptors (Lipinski definition) is 5. The van der Waals surface area contributed by atoms with Crippen molar-refractivity contribution in [2.24, 2.45) is 0 Å². The molecule has 0 aliphatic carbocycles. The molecule has 1 aliphatic rings. The van der Waals surface area contributed by atoms with Crippen LogP contribution in [0.1, 0.15) is 20.8 Å². The molecule has 7 heteroatoms. The Morgan fingerprint density at radius 3 is 2.66 bits per heavy atom. The fraction of sp³-hybridized carbons (Fsp3) is 0.0455. The van der Waals surface area contributed by atoms with E-state index in [0.717, 1.165) is 5.56 Å². The third kappa shape index (κ3) is 3.95. The summed E-state index contributed by atoms with van der Waals surface area (Å²) < 4.78 is 5.37. The van der Waals surface area contributed by atoms with E-state index in [1.807, 2.05) is 25.1 Å². The number of hydrogen-bond donors (Lipinski definition) is 1. The molecule has 2 amide bonds. The Kier molecular flexibility index (Phi) is 4.97. The predicted octanol–water partition coefficient (Wildman–Crippen LogP) is 3.74. The summed E-state index contributed by atoms with van der Waals surface area (Å²) in [4.78, 5) is 37.7. The second-order valence-electron chi connectivity index (χ2n) is 6.42. The van der Waals surface area contributed by atoms with Gasteiger partial charge in [0.1, 0.15) is 16.2 Å². The van der Waals surface area contributed by atoms with Crippen LogP contribution in [-0.2, 0) is 9.59 Å². The minimum atomic E-state index is -0.488. The number of nitrogens with one attached hydrogen (secondary N) is 1. The van der Waals surface area contributed by atoms with Gasteiger partial charge >= 0.3 is 5.97 Å². The molecular formula is C22H16N2O4S. The summed E-state index contributed by atoms with van der Waals surface area (Å²) in [7, 11) is 0. The van der Waals surface area contributed by atoms with Gasteiger partial charge in [-0.1, -0.05) is 30.3 Å². The minimum absolute atomic E-state index is 0.00763. The highest BCUT2D eigenvalue weighted by atomic mass is 32.1. The minimum Gasteiger partial charge on any atom is -0.422 e. The molecular weight excluding hydrogens is 388 g/mol. The summed E-state index contributed by atoms with van der Waals surface area (Å²) in [6.45, 7) is 1.91. The first kappa shape index (κ1) is 18.6. The summed E-state index contributed by atoms with van der Waals surface area (Å²) in [5.74, 6) is -1.05. The third-order valence-corrected chi connectivity index (χ3v) is 5.10. The lowest BCUT2D eigenvalue weighted by atomic mass is 10.1. The Bertz CT molecular complexity index is 1140. The van der Waals surface area contributed by atoms with E-state index < -0.39 is 17.8 Å². The number of nitrogens with zero attached hydrogens (tertiary/aromatic N) is 1. The molecule has 1 saturated heterocycles. The SMILES string of the molecule is Cc1cccc(N2NC(=O)/C(=C/c3cccc(OC(=O)c4cccs4)c3)C2=O)c1. The highest BCUT2D eigenvalue weighted by Gasteiger charge is 2.34. The van der Waals surface area contributed by atoms with Crippen molar-refractivity contribution < 1.29 is 19.1 Å². The number of benzene rings is 2. The van der Waals surface area contributed by atoms with Crippen molar-refractivity contribution >= 4 is 40.9 Å². The highest BCUT2D eigenvalue weighted by Crippen LogP contribution is 2.24. The van der Waals surface area contributed by atoms with Crippen molar-refractivity contribution in [2.45, 2.75) is 6.92 Å². The van der Waals surface area contributed by atoms with Crippen LogP contribution in [0.5, 0.6) is 5.75 Å². The zero-order valence-electron chi connectivity index (χ0n) is 15.4. The molecule has 2 aromatic carbocycles. The van der Waals surface area contributed by atoms with Crippen LogP contribution in [0.25, 0.3) is 6.08 Å². The van der Waals surface area contributed by atoms with E-state index in [-0.39, 0.29) is 5.57 Å². The number of amides is 2. The first-order valence-corrected chi connectivity index (χ1v) is 9.69. The van der Waals surface area contributed by atoms with E-state index in [9.17, 15) is 14.4 Å². The van der Waals surface area contributed by atoms with E-state index >= 15 is 0 Å². The van der Waals surface area contributed by atoms with E-state index in [1.165, 1.54) is 22.4 Å². The van der Waals surface area contributed by atoms with E-state index in [0.29, 0.717) is 21.9 Å². The quantitative estimate of drug-likeness (QED) is 0.311. The van der Waals surface area contributed by atoms with Crippen molar-refractivity contribution in [3.05, 3.63) is 87.6 Å². The molecule has 0 atom stereocenters. The van der Waals surface area contributed by atoms with Gasteiger partial charge in [-0.05, 0) is 59.8 Å². The normalized spacial score (nSPS) is 14.9. The second kappa shape index (κ2) is 7.73.